The maximum absolute atomic E-state index is 12.9. The van der Waals surface area contributed by atoms with Crippen LogP contribution >= 0.6 is 0 Å². The van der Waals surface area contributed by atoms with Gasteiger partial charge in [0.05, 0.1) is 13.2 Å². The van der Waals surface area contributed by atoms with E-state index in [0.29, 0.717) is 13.2 Å². The Balaban J connectivity index is 1.59. The zero-order valence-electron chi connectivity index (χ0n) is 14.3. The van der Waals surface area contributed by atoms with Gasteiger partial charge in [0.15, 0.2) is 5.79 Å². The van der Waals surface area contributed by atoms with Gasteiger partial charge < -0.3 is 14.8 Å². The summed E-state index contributed by atoms with van der Waals surface area (Å²) in [5.74, 6) is -0.595. The molecule has 3 rings (SSSR count). The summed E-state index contributed by atoms with van der Waals surface area (Å²) in [4.78, 5) is 0. The highest BCUT2D eigenvalue weighted by Crippen LogP contribution is 2.41. The Kier molecular flexibility index (Phi) is 5.69. The van der Waals surface area contributed by atoms with E-state index in [-0.39, 0.29) is 5.82 Å². The Labute approximate surface area is 143 Å². The average Bonchev–Trinajstić information content (AvgIpc) is 3.04. The molecular formula is C20H26FNO2. The monoisotopic (exact) mass is 331 g/mol. The normalized spacial score (nSPS) is 23.2. The molecule has 0 amide bonds. The molecule has 0 radical (unpaired) electrons. The van der Waals surface area contributed by atoms with E-state index in [0.717, 1.165) is 44.2 Å². The van der Waals surface area contributed by atoms with Crippen LogP contribution in [-0.4, -0.2) is 25.5 Å². The maximum Gasteiger partial charge on any atom is 0.172 e. The molecule has 2 fully saturated rings. The lowest BCUT2D eigenvalue weighted by molar-refractivity contribution is -0.163. The lowest BCUT2D eigenvalue weighted by atomic mass is 9.85. The largest absolute Gasteiger partial charge is 0.390 e. The van der Waals surface area contributed by atoms with Crippen molar-refractivity contribution in [2.24, 2.45) is 0 Å². The minimum atomic E-state index is -0.407. The first-order valence-corrected chi connectivity index (χ1v) is 8.85. The summed E-state index contributed by atoms with van der Waals surface area (Å²) >= 11 is 0. The Morgan fingerprint density at radius 1 is 1.17 bits per heavy atom. The van der Waals surface area contributed by atoms with Crippen LogP contribution in [0.4, 0.5) is 4.39 Å². The number of allylic oxidation sites excluding steroid dienone is 2. The van der Waals surface area contributed by atoms with Crippen molar-refractivity contribution in [1.82, 2.24) is 5.32 Å². The quantitative estimate of drug-likeness (QED) is 0.824. The third-order valence-corrected chi connectivity index (χ3v) is 4.66. The molecule has 1 aliphatic heterocycles. The highest BCUT2D eigenvalue weighted by atomic mass is 19.1. The fourth-order valence-corrected chi connectivity index (χ4v) is 3.41. The summed E-state index contributed by atoms with van der Waals surface area (Å²) in [5.41, 5.74) is 3.81. The molecular weight excluding hydrogens is 305 g/mol. The summed E-state index contributed by atoms with van der Waals surface area (Å²) in [6.45, 7) is 4.37. The van der Waals surface area contributed by atoms with E-state index in [1.165, 1.54) is 23.3 Å². The third kappa shape index (κ3) is 4.25. The summed E-state index contributed by atoms with van der Waals surface area (Å²) in [5, 5.41) is 3.41. The van der Waals surface area contributed by atoms with Gasteiger partial charge >= 0.3 is 0 Å². The lowest BCUT2D eigenvalue weighted by Gasteiger charge is -2.34. The molecule has 3 nitrogen and oxygen atoms in total. The van der Waals surface area contributed by atoms with E-state index < -0.39 is 5.79 Å². The predicted molar refractivity (Wildman–Crippen MR) is 93.0 cm³/mol. The Bertz CT molecular complexity index is 601. The molecule has 0 aromatic heterocycles. The van der Waals surface area contributed by atoms with E-state index in [2.05, 4.69) is 24.5 Å². The van der Waals surface area contributed by atoms with E-state index in [4.69, 9.17) is 9.47 Å². The van der Waals surface area contributed by atoms with Crippen LogP contribution in [0.1, 0.15) is 38.2 Å². The van der Waals surface area contributed by atoms with Crippen molar-refractivity contribution in [2.75, 3.05) is 19.8 Å². The van der Waals surface area contributed by atoms with Crippen molar-refractivity contribution in [1.29, 1.82) is 0 Å². The van der Waals surface area contributed by atoms with Gasteiger partial charge in [0.25, 0.3) is 0 Å². The first kappa shape index (κ1) is 17.2. The van der Waals surface area contributed by atoms with E-state index in [9.17, 15) is 4.39 Å². The van der Waals surface area contributed by atoms with E-state index in [1.807, 2.05) is 12.1 Å². The number of benzene rings is 1. The molecule has 0 unspecified atom stereocenters. The summed E-state index contributed by atoms with van der Waals surface area (Å²) in [7, 11) is 0. The molecule has 1 saturated heterocycles. The zero-order valence-corrected chi connectivity index (χ0v) is 14.3. The maximum atomic E-state index is 12.9. The van der Waals surface area contributed by atoms with E-state index in [1.54, 1.807) is 0 Å². The molecule has 130 valence electrons. The molecule has 0 bridgehead atoms. The molecule has 1 N–H and O–H groups in total. The lowest BCUT2D eigenvalue weighted by Crippen LogP contribution is -2.34. The summed E-state index contributed by atoms with van der Waals surface area (Å²) < 4.78 is 24.7. The van der Waals surface area contributed by atoms with Crippen LogP contribution in [0.5, 0.6) is 0 Å². The van der Waals surface area contributed by atoms with Crippen LogP contribution in [0.15, 0.2) is 47.7 Å². The second-order valence-electron chi connectivity index (χ2n) is 6.42. The van der Waals surface area contributed by atoms with Crippen LogP contribution in [0.2, 0.25) is 0 Å². The molecule has 1 aliphatic carbocycles. The summed E-state index contributed by atoms with van der Waals surface area (Å²) in [6.07, 6.45) is 9.06. The molecule has 2 aliphatic rings. The second-order valence-corrected chi connectivity index (χ2v) is 6.42. The van der Waals surface area contributed by atoms with Crippen LogP contribution in [0, 0.1) is 5.82 Å². The third-order valence-electron chi connectivity index (χ3n) is 4.66. The molecule has 1 aromatic carbocycles. The van der Waals surface area contributed by atoms with Gasteiger partial charge in [-0.1, -0.05) is 25.1 Å². The molecule has 0 atom stereocenters. The van der Waals surface area contributed by atoms with Gasteiger partial charge in [-0.25, -0.2) is 4.39 Å². The minimum absolute atomic E-state index is 0.188. The Morgan fingerprint density at radius 2 is 1.92 bits per heavy atom. The highest BCUT2D eigenvalue weighted by molar-refractivity contribution is 5.34. The number of rotatable bonds is 5. The first-order chi connectivity index (χ1) is 11.7. The fourth-order valence-electron chi connectivity index (χ4n) is 3.41. The second kappa shape index (κ2) is 7.95. The number of halogens is 1. The first-order valence-electron chi connectivity index (χ1n) is 8.85. The SMILES string of the molecule is CC/C=C1/CCC2(C/C1=C/NCCc1ccc(F)cc1)OCCO2. The van der Waals surface area contributed by atoms with Gasteiger partial charge in [-0.05, 0) is 48.1 Å². The average molecular weight is 331 g/mol. The molecule has 1 heterocycles. The van der Waals surface area contributed by atoms with Gasteiger partial charge in [-0.3, -0.25) is 0 Å². The standard InChI is InChI=1S/C20H26FNO2/c1-2-3-17-8-10-20(23-12-13-24-20)14-18(17)15-22-11-9-16-4-6-19(21)7-5-16/h3-7,15,22H,2,8-14H2,1H3/b17-3-,18-15-. The van der Waals surface area contributed by atoms with Crippen LogP contribution in [0.25, 0.3) is 0 Å². The summed E-state index contributed by atoms with van der Waals surface area (Å²) in [6, 6.07) is 6.69. The van der Waals surface area contributed by atoms with Crippen LogP contribution in [-0.2, 0) is 15.9 Å². The van der Waals surface area contributed by atoms with Gasteiger partial charge in [-0.15, -0.1) is 0 Å². The van der Waals surface area contributed by atoms with Crippen molar-refractivity contribution in [3.8, 4) is 0 Å². The number of hydrogen-bond donors (Lipinski definition) is 1. The Morgan fingerprint density at radius 3 is 2.62 bits per heavy atom. The number of nitrogens with one attached hydrogen (secondary N) is 1. The van der Waals surface area contributed by atoms with Crippen LogP contribution in [0.3, 0.4) is 0 Å². The number of hydrogen-bond acceptors (Lipinski definition) is 3. The number of ether oxygens (including phenoxy) is 2. The molecule has 24 heavy (non-hydrogen) atoms. The predicted octanol–water partition coefficient (Wildman–Crippen LogP) is 4.11. The molecule has 1 spiro atoms. The van der Waals surface area contributed by atoms with Gasteiger partial charge in [0.1, 0.15) is 5.82 Å². The van der Waals surface area contributed by atoms with Gasteiger partial charge in [0, 0.05) is 25.6 Å². The highest BCUT2D eigenvalue weighted by Gasteiger charge is 2.40. The van der Waals surface area contributed by atoms with Crippen molar-refractivity contribution in [2.45, 2.75) is 44.8 Å². The van der Waals surface area contributed by atoms with Gasteiger partial charge in [0.2, 0.25) is 0 Å². The minimum Gasteiger partial charge on any atom is -0.390 e. The van der Waals surface area contributed by atoms with Gasteiger partial charge in [-0.2, -0.15) is 0 Å². The zero-order chi connectivity index (χ0) is 16.8. The van der Waals surface area contributed by atoms with Crippen LogP contribution < -0.4 is 5.32 Å². The topological polar surface area (TPSA) is 30.5 Å². The molecule has 1 saturated carbocycles. The molecule has 1 aromatic rings. The van der Waals surface area contributed by atoms with Crippen molar-refractivity contribution in [3.63, 3.8) is 0 Å². The Hall–Kier alpha value is -1.65. The van der Waals surface area contributed by atoms with E-state index >= 15 is 0 Å². The van der Waals surface area contributed by atoms with Crippen molar-refractivity contribution < 1.29 is 13.9 Å². The van der Waals surface area contributed by atoms with Crippen molar-refractivity contribution >= 4 is 0 Å². The van der Waals surface area contributed by atoms with Crippen molar-refractivity contribution in [3.05, 3.63) is 59.1 Å². The molecule has 4 heteroatoms. The smallest absolute Gasteiger partial charge is 0.172 e. The fraction of sp³-hybridized carbons (Fsp3) is 0.500.